The van der Waals surface area contributed by atoms with Crippen LogP contribution in [-0.4, -0.2) is 0 Å². The van der Waals surface area contributed by atoms with Crippen LogP contribution in [0.25, 0.3) is 5.57 Å². The molecule has 0 nitrogen and oxygen atoms in total. The van der Waals surface area contributed by atoms with Crippen molar-refractivity contribution in [1.82, 2.24) is 0 Å². The molecule has 1 aromatic carbocycles. The molecule has 1 heteroatoms. The van der Waals surface area contributed by atoms with E-state index in [-0.39, 0.29) is 0 Å². The van der Waals surface area contributed by atoms with Crippen molar-refractivity contribution in [2.45, 2.75) is 95.3 Å². The number of hydrogen-bond acceptors (Lipinski definition) is 1. The van der Waals surface area contributed by atoms with Gasteiger partial charge in [0.1, 0.15) is 0 Å². The summed E-state index contributed by atoms with van der Waals surface area (Å²) in [6, 6.07) is 8.71. The van der Waals surface area contributed by atoms with Gasteiger partial charge in [0.2, 0.25) is 0 Å². The lowest BCUT2D eigenvalue weighted by Gasteiger charge is -2.35. The predicted octanol–water partition coefficient (Wildman–Crippen LogP) is 8.33. The van der Waals surface area contributed by atoms with Gasteiger partial charge >= 0.3 is 0 Å². The molecule has 0 N–H and O–H groups in total. The summed E-state index contributed by atoms with van der Waals surface area (Å²) in [6.45, 7) is 2.31. The van der Waals surface area contributed by atoms with E-state index >= 15 is 0 Å². The summed E-state index contributed by atoms with van der Waals surface area (Å²) in [4.78, 5) is 1.06. The fraction of sp³-hybridized carbons (Fsp3) is 0.680. The highest BCUT2D eigenvalue weighted by molar-refractivity contribution is 7.80. The lowest BCUT2D eigenvalue weighted by Crippen LogP contribution is -2.23. The van der Waals surface area contributed by atoms with E-state index in [2.05, 4.69) is 49.9 Å². The van der Waals surface area contributed by atoms with Crippen LogP contribution in [0.1, 0.15) is 96.0 Å². The monoisotopic (exact) mass is 370 g/mol. The highest BCUT2D eigenvalue weighted by Gasteiger charge is 2.28. The number of benzene rings is 1. The molecule has 1 fully saturated rings. The average Bonchev–Trinajstić information content (AvgIpc) is 2.69. The van der Waals surface area contributed by atoms with Gasteiger partial charge in [0, 0.05) is 4.90 Å². The molecule has 0 saturated heterocycles. The van der Waals surface area contributed by atoms with Crippen molar-refractivity contribution >= 4 is 18.2 Å². The molecule has 0 spiro atoms. The summed E-state index contributed by atoms with van der Waals surface area (Å²) in [5.41, 5.74) is 2.98. The average molecular weight is 371 g/mol. The van der Waals surface area contributed by atoms with Gasteiger partial charge in [-0.3, -0.25) is 0 Å². The number of hydrogen-bond donors (Lipinski definition) is 1. The Morgan fingerprint density at radius 3 is 2.23 bits per heavy atom. The van der Waals surface area contributed by atoms with Crippen molar-refractivity contribution in [3.63, 3.8) is 0 Å². The zero-order chi connectivity index (χ0) is 18.2. The van der Waals surface area contributed by atoms with Crippen LogP contribution in [0, 0.1) is 17.8 Å². The normalized spacial score (nSPS) is 26.5. The van der Waals surface area contributed by atoms with Crippen LogP contribution < -0.4 is 0 Å². The van der Waals surface area contributed by atoms with Gasteiger partial charge in [-0.2, -0.15) is 0 Å². The largest absolute Gasteiger partial charge is 0.143 e. The van der Waals surface area contributed by atoms with Crippen molar-refractivity contribution in [2.24, 2.45) is 17.8 Å². The first-order chi connectivity index (χ1) is 12.8. The summed E-state index contributed by atoms with van der Waals surface area (Å²) in [7, 11) is 0. The number of unbranched alkanes of at least 4 members (excludes halogenated alkanes) is 4. The number of allylic oxidation sites excluding steroid dienone is 2. The smallest absolute Gasteiger partial charge is 0.00403 e. The van der Waals surface area contributed by atoms with Crippen LogP contribution in [0.15, 0.2) is 35.2 Å². The van der Waals surface area contributed by atoms with Gasteiger partial charge in [-0.15, -0.1) is 12.6 Å². The van der Waals surface area contributed by atoms with Crippen LogP contribution in [0.5, 0.6) is 0 Å². The lowest BCUT2D eigenvalue weighted by molar-refractivity contribution is 0.187. The van der Waals surface area contributed by atoms with Gasteiger partial charge in [-0.05, 0) is 73.1 Å². The second-order valence-electron chi connectivity index (χ2n) is 8.79. The van der Waals surface area contributed by atoms with Crippen molar-refractivity contribution in [1.29, 1.82) is 0 Å². The fourth-order valence-corrected chi connectivity index (χ4v) is 5.35. The van der Waals surface area contributed by atoms with Crippen molar-refractivity contribution in [3.05, 3.63) is 35.9 Å². The molecule has 1 aromatic rings. The Morgan fingerprint density at radius 1 is 0.846 bits per heavy atom. The third-order valence-corrected chi connectivity index (χ3v) is 7.26. The Labute approximate surface area is 167 Å². The second-order valence-corrected chi connectivity index (χ2v) is 9.31. The molecule has 0 heterocycles. The molecular weight excluding hydrogens is 332 g/mol. The summed E-state index contributed by atoms with van der Waals surface area (Å²) in [6.07, 6.45) is 21.3. The van der Waals surface area contributed by atoms with Crippen LogP contribution in [0.2, 0.25) is 0 Å². The third-order valence-electron chi connectivity index (χ3n) is 6.96. The Kier molecular flexibility index (Phi) is 8.17. The first kappa shape index (κ1) is 20.1. The first-order valence-electron chi connectivity index (χ1n) is 11.2. The Morgan fingerprint density at radius 2 is 1.58 bits per heavy atom. The van der Waals surface area contributed by atoms with E-state index in [9.17, 15) is 0 Å². The van der Waals surface area contributed by atoms with E-state index < -0.39 is 0 Å². The molecule has 2 aliphatic rings. The van der Waals surface area contributed by atoms with Crippen LogP contribution >= 0.6 is 12.6 Å². The second kappa shape index (κ2) is 10.6. The number of rotatable bonds is 8. The minimum Gasteiger partial charge on any atom is -0.143 e. The van der Waals surface area contributed by atoms with E-state index in [0.717, 1.165) is 22.6 Å². The van der Waals surface area contributed by atoms with Gasteiger partial charge in [-0.25, -0.2) is 0 Å². The van der Waals surface area contributed by atoms with Gasteiger partial charge in [0.05, 0.1) is 0 Å². The fourth-order valence-electron chi connectivity index (χ4n) is 5.21. The van der Waals surface area contributed by atoms with E-state index in [0.29, 0.717) is 0 Å². The molecule has 0 amide bonds. The molecular formula is C25H38S. The van der Waals surface area contributed by atoms with E-state index in [1.54, 1.807) is 5.57 Å². The van der Waals surface area contributed by atoms with E-state index in [1.165, 1.54) is 89.0 Å². The summed E-state index contributed by atoms with van der Waals surface area (Å²) in [5, 5.41) is 0. The summed E-state index contributed by atoms with van der Waals surface area (Å²) < 4.78 is 0. The predicted molar refractivity (Wildman–Crippen MR) is 118 cm³/mol. The molecule has 0 aromatic heterocycles. The first-order valence-corrected chi connectivity index (χ1v) is 11.7. The Balaban J connectivity index is 1.38. The highest BCUT2D eigenvalue weighted by atomic mass is 32.1. The van der Waals surface area contributed by atoms with Crippen LogP contribution in [-0.2, 0) is 0 Å². The molecule has 0 bridgehead atoms. The Bertz CT molecular complexity index is 548. The maximum absolute atomic E-state index is 4.40. The topological polar surface area (TPSA) is 0 Å². The lowest BCUT2D eigenvalue weighted by atomic mass is 9.70. The van der Waals surface area contributed by atoms with Gasteiger partial charge in [-0.1, -0.05) is 76.5 Å². The zero-order valence-electron chi connectivity index (χ0n) is 16.8. The molecule has 0 radical (unpaired) electrons. The quantitative estimate of drug-likeness (QED) is 0.345. The molecule has 1 unspecified atom stereocenters. The minimum atomic E-state index is 0.952. The van der Waals surface area contributed by atoms with Gasteiger partial charge in [0.25, 0.3) is 0 Å². The molecule has 1 saturated carbocycles. The summed E-state index contributed by atoms with van der Waals surface area (Å²) in [5.74, 6) is 3.00. The van der Waals surface area contributed by atoms with Crippen molar-refractivity contribution in [3.8, 4) is 0 Å². The van der Waals surface area contributed by atoms with Crippen molar-refractivity contribution < 1.29 is 0 Å². The Hall–Kier alpha value is -0.690. The molecule has 0 aliphatic heterocycles. The summed E-state index contributed by atoms with van der Waals surface area (Å²) >= 11 is 4.40. The SMILES string of the molecule is CCCCCCCC1CCC(C2CC=C(c3ccc(S)cc3)CC2)CC1. The zero-order valence-corrected chi connectivity index (χ0v) is 17.7. The van der Waals surface area contributed by atoms with Crippen LogP contribution in [0.4, 0.5) is 0 Å². The minimum absolute atomic E-state index is 0.952. The number of thiol groups is 1. The highest BCUT2D eigenvalue weighted by Crippen LogP contribution is 2.42. The molecule has 144 valence electrons. The maximum atomic E-state index is 4.40. The molecule has 26 heavy (non-hydrogen) atoms. The third kappa shape index (κ3) is 5.91. The van der Waals surface area contributed by atoms with Gasteiger partial charge in [0.15, 0.2) is 0 Å². The van der Waals surface area contributed by atoms with Crippen molar-refractivity contribution in [2.75, 3.05) is 0 Å². The maximum Gasteiger partial charge on any atom is 0.00403 e. The molecule has 2 aliphatic carbocycles. The van der Waals surface area contributed by atoms with Crippen LogP contribution in [0.3, 0.4) is 0 Å². The molecule has 1 atom stereocenters. The van der Waals surface area contributed by atoms with E-state index in [1.807, 2.05) is 0 Å². The van der Waals surface area contributed by atoms with E-state index in [4.69, 9.17) is 0 Å². The van der Waals surface area contributed by atoms with Gasteiger partial charge < -0.3 is 0 Å². The standard InChI is InChI=1S/C25H38S/c1-2-3-4-5-6-7-20-8-10-21(11-9-20)22-12-14-23(15-13-22)24-16-18-25(26)19-17-24/h14,16-22,26H,2-13,15H2,1H3. The molecule has 3 rings (SSSR count).